The van der Waals surface area contributed by atoms with Crippen LogP contribution in [0.5, 0.6) is 5.75 Å². The normalized spacial score (nSPS) is 13.9. The Morgan fingerprint density at radius 3 is 2.14 bits per heavy atom. The molecule has 0 saturated carbocycles. The molecule has 0 N–H and O–H groups in total. The Labute approximate surface area is 170 Å². The standard InChI is InChI=1S/C21H24N2O5S/c1-16-5-11-19(12-6-16)29(26,27)23(21(25)22-13-3-4-14-22)15-20(24)17-7-9-18(28-2)10-8-17/h5-12H,3-4,13-15H2,1-2H3. The summed E-state index contributed by atoms with van der Waals surface area (Å²) in [6.45, 7) is 2.25. The second-order valence-corrected chi connectivity index (χ2v) is 8.82. The molecular formula is C21H24N2O5S. The van der Waals surface area contributed by atoms with E-state index in [1.807, 2.05) is 6.92 Å². The predicted molar refractivity (Wildman–Crippen MR) is 109 cm³/mol. The number of ether oxygens (including phenoxy) is 1. The molecule has 29 heavy (non-hydrogen) atoms. The summed E-state index contributed by atoms with van der Waals surface area (Å²) in [6.07, 6.45) is 1.63. The molecule has 2 aromatic carbocycles. The van der Waals surface area contributed by atoms with E-state index >= 15 is 0 Å². The maximum Gasteiger partial charge on any atom is 0.334 e. The summed E-state index contributed by atoms with van der Waals surface area (Å²) in [6, 6.07) is 11.9. The maximum absolute atomic E-state index is 13.2. The van der Waals surface area contributed by atoms with E-state index in [0.29, 0.717) is 28.7 Å². The number of urea groups is 1. The second kappa shape index (κ2) is 8.65. The number of aryl methyl sites for hydroxylation is 1. The summed E-state index contributed by atoms with van der Waals surface area (Å²) >= 11 is 0. The molecule has 0 radical (unpaired) electrons. The van der Waals surface area contributed by atoms with Crippen molar-refractivity contribution in [3.8, 4) is 5.75 Å². The lowest BCUT2D eigenvalue weighted by atomic mass is 10.1. The third kappa shape index (κ3) is 4.59. The second-order valence-electron chi connectivity index (χ2n) is 6.95. The number of amides is 2. The lowest BCUT2D eigenvalue weighted by Crippen LogP contribution is -2.47. The summed E-state index contributed by atoms with van der Waals surface area (Å²) in [4.78, 5) is 27.3. The molecule has 0 unspecified atom stereocenters. The first-order valence-corrected chi connectivity index (χ1v) is 10.8. The number of carbonyl (C=O) groups excluding carboxylic acids is 2. The van der Waals surface area contributed by atoms with E-state index in [1.165, 1.54) is 24.1 Å². The number of hydrogen-bond acceptors (Lipinski definition) is 5. The zero-order valence-electron chi connectivity index (χ0n) is 16.5. The maximum atomic E-state index is 13.2. The Morgan fingerprint density at radius 2 is 1.59 bits per heavy atom. The number of rotatable bonds is 6. The van der Waals surface area contributed by atoms with Crippen molar-refractivity contribution in [3.63, 3.8) is 0 Å². The number of sulfonamides is 1. The van der Waals surface area contributed by atoms with Gasteiger partial charge in [0.2, 0.25) is 0 Å². The third-order valence-corrected chi connectivity index (χ3v) is 6.63. The van der Waals surface area contributed by atoms with Crippen LogP contribution in [0, 0.1) is 6.92 Å². The molecule has 2 amide bonds. The van der Waals surface area contributed by atoms with Crippen molar-refractivity contribution in [1.82, 2.24) is 9.21 Å². The highest BCUT2D eigenvalue weighted by Crippen LogP contribution is 2.21. The van der Waals surface area contributed by atoms with Crippen molar-refractivity contribution >= 4 is 21.8 Å². The number of carbonyl (C=O) groups is 2. The van der Waals surface area contributed by atoms with Crippen molar-refractivity contribution in [2.45, 2.75) is 24.7 Å². The average Bonchev–Trinajstić information content (AvgIpc) is 3.26. The van der Waals surface area contributed by atoms with E-state index in [1.54, 1.807) is 36.4 Å². The molecule has 1 aliphatic rings. The van der Waals surface area contributed by atoms with Gasteiger partial charge >= 0.3 is 6.03 Å². The van der Waals surface area contributed by atoms with Gasteiger partial charge in [-0.3, -0.25) is 4.79 Å². The van der Waals surface area contributed by atoms with Gasteiger partial charge < -0.3 is 9.64 Å². The molecule has 0 spiro atoms. The molecule has 154 valence electrons. The largest absolute Gasteiger partial charge is 0.497 e. The number of likely N-dealkylation sites (tertiary alicyclic amines) is 1. The van der Waals surface area contributed by atoms with Crippen molar-refractivity contribution in [3.05, 3.63) is 59.7 Å². The predicted octanol–water partition coefficient (Wildman–Crippen LogP) is 3.09. The van der Waals surface area contributed by atoms with E-state index in [9.17, 15) is 18.0 Å². The molecule has 1 aliphatic heterocycles. The first-order chi connectivity index (χ1) is 13.8. The van der Waals surface area contributed by atoms with Crippen LogP contribution in [0.15, 0.2) is 53.4 Å². The Kier molecular flexibility index (Phi) is 6.22. The van der Waals surface area contributed by atoms with E-state index in [2.05, 4.69) is 0 Å². The van der Waals surface area contributed by atoms with Crippen LogP contribution in [0.3, 0.4) is 0 Å². The van der Waals surface area contributed by atoms with Crippen LogP contribution in [-0.2, 0) is 10.0 Å². The van der Waals surface area contributed by atoms with Crippen LogP contribution in [0.25, 0.3) is 0 Å². The Morgan fingerprint density at radius 1 is 1.00 bits per heavy atom. The molecule has 1 fully saturated rings. The van der Waals surface area contributed by atoms with Crippen LogP contribution in [0.4, 0.5) is 4.79 Å². The molecule has 0 aliphatic carbocycles. The van der Waals surface area contributed by atoms with E-state index < -0.39 is 28.4 Å². The smallest absolute Gasteiger partial charge is 0.334 e. The van der Waals surface area contributed by atoms with Gasteiger partial charge in [0.15, 0.2) is 5.78 Å². The van der Waals surface area contributed by atoms with Gasteiger partial charge in [-0.05, 0) is 56.2 Å². The van der Waals surface area contributed by atoms with Gasteiger partial charge in [0.1, 0.15) is 12.3 Å². The molecule has 1 saturated heterocycles. The van der Waals surface area contributed by atoms with E-state index in [0.717, 1.165) is 18.4 Å². The van der Waals surface area contributed by atoms with Gasteiger partial charge in [0, 0.05) is 18.7 Å². The fraction of sp³-hybridized carbons (Fsp3) is 0.333. The minimum absolute atomic E-state index is 0.0156. The minimum Gasteiger partial charge on any atom is -0.497 e. The van der Waals surface area contributed by atoms with Gasteiger partial charge in [-0.25, -0.2) is 17.5 Å². The SMILES string of the molecule is COc1ccc(C(=O)CN(C(=O)N2CCCC2)S(=O)(=O)c2ccc(C)cc2)cc1. The lowest BCUT2D eigenvalue weighted by molar-refractivity contribution is 0.0963. The third-order valence-electron chi connectivity index (χ3n) is 4.90. The molecular weight excluding hydrogens is 392 g/mol. The highest BCUT2D eigenvalue weighted by molar-refractivity contribution is 7.89. The average molecular weight is 416 g/mol. The monoisotopic (exact) mass is 416 g/mol. The molecule has 0 bridgehead atoms. The fourth-order valence-electron chi connectivity index (χ4n) is 3.16. The molecule has 8 heteroatoms. The first-order valence-electron chi connectivity index (χ1n) is 9.38. The zero-order chi connectivity index (χ0) is 21.0. The van der Waals surface area contributed by atoms with Crippen molar-refractivity contribution in [2.24, 2.45) is 0 Å². The molecule has 0 aromatic heterocycles. The fourth-order valence-corrected chi connectivity index (χ4v) is 4.50. The van der Waals surface area contributed by atoms with Crippen LogP contribution in [0.2, 0.25) is 0 Å². The van der Waals surface area contributed by atoms with Gasteiger partial charge in [0.05, 0.1) is 12.0 Å². The van der Waals surface area contributed by atoms with E-state index in [4.69, 9.17) is 4.74 Å². The summed E-state index contributed by atoms with van der Waals surface area (Å²) in [5.41, 5.74) is 1.21. The highest BCUT2D eigenvalue weighted by atomic mass is 32.2. The summed E-state index contributed by atoms with van der Waals surface area (Å²) in [5, 5.41) is 0. The molecule has 1 heterocycles. The Balaban J connectivity index is 1.92. The Bertz CT molecular complexity index is 979. The topological polar surface area (TPSA) is 84.0 Å². The van der Waals surface area contributed by atoms with Crippen LogP contribution >= 0.6 is 0 Å². The lowest BCUT2D eigenvalue weighted by Gasteiger charge is -2.27. The highest BCUT2D eigenvalue weighted by Gasteiger charge is 2.35. The van der Waals surface area contributed by atoms with Crippen molar-refractivity contribution < 1.29 is 22.7 Å². The molecule has 3 rings (SSSR count). The molecule has 7 nitrogen and oxygen atoms in total. The number of benzene rings is 2. The number of hydrogen-bond donors (Lipinski definition) is 0. The van der Waals surface area contributed by atoms with E-state index in [-0.39, 0.29) is 4.90 Å². The summed E-state index contributed by atoms with van der Waals surface area (Å²) < 4.78 is 32.2. The number of methoxy groups -OCH3 is 1. The number of Topliss-reactive ketones (excluding diaryl/α,β-unsaturated/α-hetero) is 1. The molecule has 2 aromatic rings. The number of ketones is 1. The van der Waals surface area contributed by atoms with Gasteiger partial charge in [-0.2, -0.15) is 0 Å². The van der Waals surface area contributed by atoms with Gasteiger partial charge in [-0.15, -0.1) is 0 Å². The minimum atomic E-state index is -4.17. The first kappa shape index (κ1) is 20.9. The quantitative estimate of drug-likeness (QED) is 0.676. The summed E-state index contributed by atoms with van der Waals surface area (Å²) in [5.74, 6) is 0.120. The Hall–Kier alpha value is -2.87. The van der Waals surface area contributed by atoms with Crippen LogP contribution < -0.4 is 4.74 Å². The zero-order valence-corrected chi connectivity index (χ0v) is 17.3. The number of nitrogens with zero attached hydrogens (tertiary/aromatic N) is 2. The summed E-state index contributed by atoms with van der Waals surface area (Å²) in [7, 11) is -2.66. The van der Waals surface area contributed by atoms with Gasteiger partial charge in [-0.1, -0.05) is 17.7 Å². The van der Waals surface area contributed by atoms with Crippen LogP contribution in [-0.4, -0.2) is 56.2 Å². The molecule has 0 atom stereocenters. The van der Waals surface area contributed by atoms with Crippen molar-refractivity contribution in [2.75, 3.05) is 26.7 Å². The van der Waals surface area contributed by atoms with Crippen molar-refractivity contribution in [1.29, 1.82) is 0 Å². The van der Waals surface area contributed by atoms with Crippen LogP contribution in [0.1, 0.15) is 28.8 Å². The van der Waals surface area contributed by atoms with Gasteiger partial charge in [0.25, 0.3) is 10.0 Å².